The molecule has 0 radical (unpaired) electrons. The molecule has 0 fully saturated rings. The standard InChI is InChI=1S/C18H22N.2C17H22N.2C16H20N/c1-13-8-9-17(14(2)10-13)18-11-15-6-4-5-7-16(15)12-19(18)3;2*1-6-15-11-18(5)17(10-13(15)3)16-8-7-12(2)9-14(16)4;2*1-5-14-7-9-16(17(4)11-14)15-8-6-12(2)10-13(15)3/h8-12H,4-7H2,1-3H3;2*7-11H,6H2,1-5H3;2*6-11H,5H2,1-4H3/q5*+1/i1D3,6D2,7D2;6D2;;2D3,5D2;. The van der Waals surface area contributed by atoms with Crippen LogP contribution in [-0.4, -0.2) is 0 Å². The number of hydrogen-bond donors (Lipinski definition) is 0. The number of aromatic nitrogens is 5. The predicted molar refractivity (Wildman–Crippen MR) is 376 cm³/mol. The Morgan fingerprint density at radius 2 is 0.674 bits per heavy atom. The van der Waals surface area contributed by atoms with Crippen molar-refractivity contribution in [2.45, 2.75) is 162 Å². The molecule has 11 rings (SSSR count). The lowest BCUT2D eigenvalue weighted by Crippen LogP contribution is -2.32. The average Bonchev–Trinajstić information content (AvgIpc) is 0.740. The first kappa shape index (κ1) is 50.7. The van der Waals surface area contributed by atoms with Gasteiger partial charge in [0.05, 0.1) is 0 Å². The van der Waals surface area contributed by atoms with Crippen LogP contribution in [0.5, 0.6) is 0 Å². The van der Waals surface area contributed by atoms with Crippen LogP contribution < -0.4 is 22.8 Å². The fourth-order valence-electron chi connectivity index (χ4n) is 11.7. The van der Waals surface area contributed by atoms with Gasteiger partial charge in [-0.15, -0.1) is 0 Å². The second-order valence-electron chi connectivity index (χ2n) is 24.0. The summed E-state index contributed by atoms with van der Waals surface area (Å²) in [5.41, 5.74) is 28.3. The van der Waals surface area contributed by atoms with Gasteiger partial charge in [0.1, 0.15) is 35.2 Å². The highest BCUT2D eigenvalue weighted by molar-refractivity contribution is 5.66. The third kappa shape index (κ3) is 17.6. The Kier molecular flexibility index (Phi) is 17.9. The van der Waals surface area contributed by atoms with Crippen LogP contribution >= 0.6 is 0 Å². The van der Waals surface area contributed by atoms with Crippen molar-refractivity contribution in [2.24, 2.45) is 35.2 Å². The minimum Gasteiger partial charge on any atom is -0.201 e. The van der Waals surface area contributed by atoms with Crippen molar-refractivity contribution < 1.29 is 42.0 Å². The molecule has 0 atom stereocenters. The van der Waals surface area contributed by atoms with E-state index in [0.717, 1.165) is 63.3 Å². The van der Waals surface area contributed by atoms with E-state index < -0.39 is 39.2 Å². The molecule has 89 heavy (non-hydrogen) atoms. The van der Waals surface area contributed by atoms with E-state index >= 15 is 0 Å². The fraction of sp³-hybridized carbons (Fsp3) is 0.345. The van der Waals surface area contributed by atoms with Gasteiger partial charge in [0.15, 0.2) is 31.0 Å². The summed E-state index contributed by atoms with van der Waals surface area (Å²) in [7, 11) is 9.89. The summed E-state index contributed by atoms with van der Waals surface area (Å²) in [6, 6.07) is 44.0. The lowest BCUT2D eigenvalue weighted by Gasteiger charge is -2.15. The van der Waals surface area contributed by atoms with Crippen molar-refractivity contribution in [1.29, 1.82) is 0 Å². The number of hydrogen-bond acceptors (Lipinski definition) is 0. The summed E-state index contributed by atoms with van der Waals surface area (Å²) in [6.45, 7) is 24.0. The van der Waals surface area contributed by atoms with E-state index in [4.69, 9.17) is 19.2 Å². The molecule has 0 spiro atoms. The highest BCUT2D eigenvalue weighted by atomic mass is 14.9. The minimum atomic E-state index is -2.17. The zero-order chi connectivity index (χ0) is 77.0. The highest BCUT2D eigenvalue weighted by Crippen LogP contribution is 2.29. The van der Waals surface area contributed by atoms with Gasteiger partial charge in [-0.25, -0.2) is 22.8 Å². The molecule has 1 aliphatic rings. The van der Waals surface area contributed by atoms with E-state index in [-0.39, 0.29) is 18.4 Å². The van der Waals surface area contributed by atoms with Gasteiger partial charge in [0, 0.05) is 105 Å². The number of nitrogens with zero attached hydrogens (tertiary/aromatic N) is 5. The number of rotatable bonds is 9. The Bertz CT molecular complexity index is 4660. The summed E-state index contributed by atoms with van der Waals surface area (Å²) in [5, 5.41) is 0. The molecule has 5 aromatic carbocycles. The highest BCUT2D eigenvalue weighted by Gasteiger charge is 2.21. The Hall–Kier alpha value is -8.15. The maximum absolute atomic E-state index is 8.30. The summed E-state index contributed by atoms with van der Waals surface area (Å²) in [5.74, 6) is 0. The first-order valence-corrected chi connectivity index (χ1v) is 31.2. The van der Waals surface area contributed by atoms with E-state index in [0.29, 0.717) is 22.3 Å². The molecular formula is C84H106N5+5. The molecule has 0 saturated carbocycles. The Labute approximate surface area is 557 Å². The van der Waals surface area contributed by atoms with E-state index in [9.17, 15) is 0 Å². The van der Waals surface area contributed by atoms with Crippen LogP contribution in [0.3, 0.4) is 0 Å². The Morgan fingerprint density at radius 1 is 0.326 bits per heavy atom. The molecule has 5 nitrogen and oxygen atoms in total. The van der Waals surface area contributed by atoms with Gasteiger partial charge in [-0.3, -0.25) is 0 Å². The van der Waals surface area contributed by atoms with Crippen LogP contribution in [0.1, 0.15) is 160 Å². The lowest BCUT2D eigenvalue weighted by atomic mass is 9.91. The van der Waals surface area contributed by atoms with Crippen LogP contribution in [0, 0.1) is 82.9 Å². The normalized spacial score (nSPS) is 15.5. The Morgan fingerprint density at radius 3 is 1.07 bits per heavy atom. The number of benzene rings is 5. The zero-order valence-corrected chi connectivity index (χ0v) is 56.7. The SMILES string of the molecule is CCc1c[n+](C)c(-c2ccc(C)cc2C)cc1C.CCc1ccc(-c2ccc(C)cc2C)[n+](C)c1.[2H]C([2H])(C)c1c[n+](C)c(-c2ccc(C)cc2C)cc1C.[2H]C([2H])([2H])c1ccc(-c2cc3c(c[n+]2C)C([2H])([2H])CCC3([2H])[2H])c(C)c1.[2H]C([2H])([2H])c1ccc(-c2ccc(C([2H])([2H])C)c[n+]2C)c(C)c1. The molecule has 10 aromatic rings. The van der Waals surface area contributed by atoms with Gasteiger partial charge >= 0.3 is 0 Å². The van der Waals surface area contributed by atoms with Gasteiger partial charge in [-0.1, -0.05) is 116 Å². The summed E-state index contributed by atoms with van der Waals surface area (Å²) >= 11 is 0. The van der Waals surface area contributed by atoms with Crippen molar-refractivity contribution in [3.63, 3.8) is 0 Å². The minimum absolute atomic E-state index is 0.136. The smallest absolute Gasteiger partial charge is 0.201 e. The monoisotopic (exact) mass is 1200 g/mol. The van der Waals surface area contributed by atoms with Gasteiger partial charge in [-0.05, 0) is 221 Å². The summed E-state index contributed by atoms with van der Waals surface area (Å²) in [6.07, 6.45) is 6.42. The van der Waals surface area contributed by atoms with E-state index in [1.165, 1.54) is 85.1 Å². The van der Waals surface area contributed by atoms with E-state index in [2.05, 4.69) is 177 Å². The number of aryl methyl sites for hydroxylation is 23. The molecule has 462 valence electrons. The van der Waals surface area contributed by atoms with Gasteiger partial charge in [-0.2, -0.15) is 0 Å². The second-order valence-corrected chi connectivity index (χ2v) is 24.0. The lowest BCUT2D eigenvalue weighted by molar-refractivity contribution is -0.661. The maximum atomic E-state index is 8.30. The van der Waals surface area contributed by atoms with Crippen LogP contribution in [0.25, 0.3) is 56.3 Å². The van der Waals surface area contributed by atoms with Crippen molar-refractivity contribution >= 4 is 0 Å². The van der Waals surface area contributed by atoms with Crippen molar-refractivity contribution in [2.75, 3.05) is 0 Å². The summed E-state index contributed by atoms with van der Waals surface area (Å²) < 4.78 is 120. The molecule has 0 aliphatic heterocycles. The third-order valence-corrected chi connectivity index (χ3v) is 16.8. The van der Waals surface area contributed by atoms with Crippen molar-refractivity contribution in [1.82, 2.24) is 0 Å². The summed E-state index contributed by atoms with van der Waals surface area (Å²) in [4.78, 5) is 0. The van der Waals surface area contributed by atoms with Crippen molar-refractivity contribution in [3.8, 4) is 56.3 Å². The molecule has 5 aromatic heterocycles. The molecule has 0 N–H and O–H groups in total. The van der Waals surface area contributed by atoms with Crippen LogP contribution in [-0.2, 0) is 73.6 Å². The number of fused-ring (bicyclic) bond motifs is 1. The first-order valence-electron chi connectivity index (χ1n) is 38.2. The molecule has 0 bridgehead atoms. The van der Waals surface area contributed by atoms with E-state index in [1.54, 1.807) is 73.4 Å². The quantitative estimate of drug-likeness (QED) is 0.128. The van der Waals surface area contributed by atoms with Gasteiger partial charge < -0.3 is 0 Å². The van der Waals surface area contributed by atoms with Crippen LogP contribution in [0.4, 0.5) is 0 Å². The van der Waals surface area contributed by atoms with Crippen LogP contribution in [0.15, 0.2) is 164 Å². The molecule has 5 heterocycles. The van der Waals surface area contributed by atoms with Gasteiger partial charge in [0.2, 0.25) is 28.5 Å². The van der Waals surface area contributed by atoms with E-state index in [1.807, 2.05) is 62.3 Å². The number of pyridine rings is 5. The third-order valence-electron chi connectivity index (χ3n) is 16.8. The predicted octanol–water partition coefficient (Wildman–Crippen LogP) is 17.7. The molecule has 0 amide bonds. The second kappa shape index (κ2) is 31.3. The molecule has 0 saturated heterocycles. The molecular weight excluding hydrogens is 1080 g/mol. The van der Waals surface area contributed by atoms with Crippen LogP contribution in [0.2, 0.25) is 0 Å². The average molecular weight is 1200 g/mol. The topological polar surface area (TPSA) is 19.4 Å². The largest absolute Gasteiger partial charge is 0.212 e. The van der Waals surface area contributed by atoms with Crippen molar-refractivity contribution in [3.05, 3.63) is 265 Å². The molecule has 0 unspecified atom stereocenters. The first-order chi connectivity index (χ1) is 47.7. The molecule has 5 heteroatoms. The molecule has 1 aliphatic carbocycles. The fourth-order valence-corrected chi connectivity index (χ4v) is 11.7. The van der Waals surface area contributed by atoms with Gasteiger partial charge in [0.25, 0.3) is 0 Å². The Balaban J connectivity index is 0.000000182. The zero-order valence-electron chi connectivity index (χ0n) is 70.7. The maximum Gasteiger partial charge on any atom is 0.212 e.